The van der Waals surface area contributed by atoms with Crippen LogP contribution in [0, 0.1) is 27.7 Å². The molecule has 0 radical (unpaired) electrons. The van der Waals surface area contributed by atoms with E-state index in [1.54, 1.807) is 13.8 Å². The van der Waals surface area contributed by atoms with Crippen molar-refractivity contribution in [1.82, 2.24) is 0 Å². The molecule has 0 rings (SSSR count). The van der Waals surface area contributed by atoms with Gasteiger partial charge < -0.3 is 30.5 Å². The molecule has 0 aromatic rings. The molecule has 86 valence electrons. The van der Waals surface area contributed by atoms with Crippen molar-refractivity contribution in [2.75, 3.05) is 0 Å². The van der Waals surface area contributed by atoms with Gasteiger partial charge >= 0.3 is 37.7 Å². The van der Waals surface area contributed by atoms with Gasteiger partial charge in [0.2, 0.25) is 0 Å². The van der Waals surface area contributed by atoms with Crippen LogP contribution in [-0.2, 0) is 19.5 Å². The summed E-state index contributed by atoms with van der Waals surface area (Å²) in [6.07, 6.45) is 4.56. The van der Waals surface area contributed by atoms with Gasteiger partial charge in [0.25, 0.3) is 0 Å². The van der Waals surface area contributed by atoms with Crippen LogP contribution in [0.1, 0.15) is 56.2 Å². The van der Waals surface area contributed by atoms with Crippen molar-refractivity contribution in [3.63, 3.8) is 0 Å². The quantitative estimate of drug-likeness (QED) is 0.444. The third-order valence-corrected chi connectivity index (χ3v) is 0.707. The van der Waals surface area contributed by atoms with Gasteiger partial charge in [0, 0.05) is 19.5 Å². The van der Waals surface area contributed by atoms with Crippen molar-refractivity contribution in [2.45, 2.75) is 53.4 Å². The summed E-state index contributed by atoms with van der Waals surface area (Å²) < 4.78 is 0. The topological polar surface area (TPSA) is 0 Å². The maximum Gasteiger partial charge on any atom is 1.00 e. The molecule has 3 heteroatoms. The first kappa shape index (κ1) is 43.7. The summed E-state index contributed by atoms with van der Waals surface area (Å²) in [5, 5.41) is 0. The molecule has 0 spiro atoms. The maximum atomic E-state index is 3.60. The predicted molar refractivity (Wildman–Crippen MR) is 64.8 cm³/mol. The molecular weight excluding hydrogens is 223 g/mol. The third-order valence-electron chi connectivity index (χ3n) is 0.707. The van der Waals surface area contributed by atoms with Crippen molar-refractivity contribution in [1.29, 1.82) is 0 Å². The Morgan fingerprint density at radius 3 is 0.800 bits per heavy atom. The fourth-order valence-corrected chi connectivity index (χ4v) is 0. The monoisotopic (exact) mass is 252 g/mol. The second kappa shape index (κ2) is 103. The molecule has 0 saturated heterocycles. The van der Waals surface area contributed by atoms with E-state index in [1.807, 2.05) is 0 Å². The Hall–Kier alpha value is 1.82. The minimum atomic E-state index is 0. The van der Waals surface area contributed by atoms with E-state index in [4.69, 9.17) is 0 Å². The molecule has 0 unspecified atom stereocenters. The van der Waals surface area contributed by atoms with Gasteiger partial charge in [0.1, 0.15) is 0 Å². The first-order chi connectivity index (χ1) is 5.83. The molecule has 0 amide bonds. The van der Waals surface area contributed by atoms with Gasteiger partial charge in [-0.15, -0.1) is 0 Å². The Morgan fingerprint density at radius 2 is 0.800 bits per heavy atom. The fourth-order valence-electron chi connectivity index (χ4n) is 0. The Labute approximate surface area is 140 Å². The van der Waals surface area contributed by atoms with E-state index in [0.29, 0.717) is 0 Å². The van der Waals surface area contributed by atoms with E-state index < -0.39 is 0 Å². The van der Waals surface area contributed by atoms with Crippen molar-refractivity contribution in [3.05, 3.63) is 27.7 Å². The third kappa shape index (κ3) is 207. The molecule has 0 saturated carbocycles. The first-order valence-electron chi connectivity index (χ1n) is 4.83. The molecule has 0 heterocycles. The average molecular weight is 254 g/mol. The van der Waals surface area contributed by atoms with Crippen LogP contribution in [0.5, 0.6) is 0 Å². The maximum absolute atomic E-state index is 3.60. The van der Waals surface area contributed by atoms with E-state index in [2.05, 4.69) is 41.5 Å². The zero-order chi connectivity index (χ0) is 10.8. The molecule has 0 aliphatic heterocycles. The van der Waals surface area contributed by atoms with Crippen LogP contribution in [0.25, 0.3) is 0 Å². The normalized spacial score (nSPS) is 4.80. The Balaban J connectivity index is -0.00000000680. The van der Waals surface area contributed by atoms with Crippen molar-refractivity contribution in [3.8, 4) is 0 Å². The number of rotatable bonds is 2. The second-order valence-electron chi connectivity index (χ2n) is 1.71. The van der Waals surface area contributed by atoms with Gasteiger partial charge in [-0.3, -0.25) is 0 Å². The zero-order valence-corrected chi connectivity index (χ0v) is 15.3. The van der Waals surface area contributed by atoms with E-state index >= 15 is 0 Å². The van der Waals surface area contributed by atoms with Crippen LogP contribution in [0.4, 0.5) is 0 Å². The summed E-state index contributed by atoms with van der Waals surface area (Å²) in [5.41, 5.74) is 0. The van der Waals surface area contributed by atoms with E-state index in [-0.39, 0.29) is 60.1 Å². The van der Waals surface area contributed by atoms with Crippen LogP contribution >= 0.6 is 0 Å². The molecule has 0 bridgehead atoms. The summed E-state index contributed by atoms with van der Waals surface area (Å²) in [5.74, 6) is 0. The molecule has 0 nitrogen and oxygen atoms in total. The van der Waals surface area contributed by atoms with Crippen LogP contribution in [0.15, 0.2) is 0 Å². The molecular formula is C12H30Li2Zn-4. The van der Waals surface area contributed by atoms with Crippen LogP contribution in [0.2, 0.25) is 0 Å². The van der Waals surface area contributed by atoms with Gasteiger partial charge in [0.05, 0.1) is 0 Å². The van der Waals surface area contributed by atoms with Crippen molar-refractivity contribution >= 4 is 0 Å². The summed E-state index contributed by atoms with van der Waals surface area (Å²) >= 11 is 0. The summed E-state index contributed by atoms with van der Waals surface area (Å²) in [6.45, 7) is 21.4. The summed E-state index contributed by atoms with van der Waals surface area (Å²) in [4.78, 5) is 0. The summed E-state index contributed by atoms with van der Waals surface area (Å²) in [6, 6.07) is 0. The van der Waals surface area contributed by atoms with Crippen molar-refractivity contribution < 1.29 is 60.1 Å². The van der Waals surface area contributed by atoms with Crippen LogP contribution < -0.4 is 37.7 Å². The minimum Gasteiger partial charge on any atom is -1.00 e. The van der Waals surface area contributed by atoms with E-state index in [1.165, 1.54) is 12.8 Å². The molecule has 0 aromatic heterocycles. The van der Waals surface area contributed by atoms with Gasteiger partial charge in [0.15, 0.2) is 0 Å². The average Bonchev–Trinajstić information content (AvgIpc) is 2.23. The summed E-state index contributed by atoms with van der Waals surface area (Å²) in [7, 11) is 0. The van der Waals surface area contributed by atoms with Gasteiger partial charge in [-0.1, -0.05) is 26.7 Å². The Kier molecular flexibility index (Phi) is 299. The van der Waals surface area contributed by atoms with Gasteiger partial charge in [-0.2, -0.15) is 26.7 Å². The first-order valence-corrected chi connectivity index (χ1v) is 4.83. The van der Waals surface area contributed by atoms with Crippen LogP contribution in [0.3, 0.4) is 0 Å². The van der Waals surface area contributed by atoms with Crippen LogP contribution in [-0.4, -0.2) is 0 Å². The number of hydrogen-bond acceptors (Lipinski definition) is 0. The SMILES string of the molecule is [CH2-]C.[CH2-]C.[CH2-]CCC.[CH2-]CCC.[H-].[H-].[Li+].[Li+].[Zn]. The van der Waals surface area contributed by atoms with Gasteiger partial charge in [-0.05, 0) is 0 Å². The fraction of sp³-hybridized carbons (Fsp3) is 0.667. The minimum absolute atomic E-state index is 0. The molecule has 0 fully saturated rings. The molecule has 0 N–H and O–H groups in total. The molecule has 0 aliphatic rings. The number of unbranched alkanes of at least 4 members (excludes halogenated alkanes) is 2. The van der Waals surface area contributed by atoms with Crippen molar-refractivity contribution in [2.24, 2.45) is 0 Å². The number of hydrogen-bond donors (Lipinski definition) is 0. The smallest absolute Gasteiger partial charge is 1.00 e. The molecule has 0 aliphatic carbocycles. The van der Waals surface area contributed by atoms with E-state index in [0.717, 1.165) is 12.8 Å². The standard InChI is InChI=1S/2C4H9.2C2H5.2Li.Zn.2H/c2*1-3-4-2;2*1-2;;;;;/h2*1,3-4H2,2H3;2*1H2,2H3;;;;;/q4*-1;2*+1;;2*-1. The Morgan fingerprint density at radius 1 is 0.733 bits per heavy atom. The molecule has 0 aromatic carbocycles. The zero-order valence-electron chi connectivity index (χ0n) is 14.4. The second-order valence-corrected chi connectivity index (χ2v) is 1.71. The molecule has 0 atom stereocenters. The molecule has 15 heavy (non-hydrogen) atoms. The largest absolute Gasteiger partial charge is 1.00 e. The van der Waals surface area contributed by atoms with Gasteiger partial charge in [-0.25, -0.2) is 0 Å². The Bertz CT molecular complexity index is 30.5. The van der Waals surface area contributed by atoms with E-state index in [9.17, 15) is 0 Å². The predicted octanol–water partition coefficient (Wildman–Crippen LogP) is -0.848.